The van der Waals surface area contributed by atoms with Crippen LogP contribution in [0.3, 0.4) is 0 Å². The Morgan fingerprint density at radius 3 is 0.769 bits per heavy atom. The van der Waals surface area contributed by atoms with Gasteiger partial charge in [-0.05, 0) is 70.6 Å². The highest BCUT2D eigenvalue weighted by atomic mass is 16.6. The van der Waals surface area contributed by atoms with Gasteiger partial charge < -0.3 is 14.2 Å². The Kier molecular flexibility index (Phi) is 52.7. The third-order valence-electron chi connectivity index (χ3n) is 12.9. The van der Waals surface area contributed by atoms with Gasteiger partial charge in [-0.1, -0.05) is 251 Å². The highest BCUT2D eigenvalue weighted by Crippen LogP contribution is 2.16. The molecule has 0 aromatic rings. The molecule has 0 aliphatic heterocycles. The van der Waals surface area contributed by atoms with Gasteiger partial charge in [0.05, 0.1) is 0 Å². The molecule has 0 heterocycles. The van der Waals surface area contributed by atoms with E-state index < -0.39 is 6.10 Å². The van der Waals surface area contributed by atoms with Gasteiger partial charge in [0.2, 0.25) is 0 Å². The second-order valence-electron chi connectivity index (χ2n) is 19.6. The van der Waals surface area contributed by atoms with Gasteiger partial charge in [0.15, 0.2) is 6.10 Å². The van der Waals surface area contributed by atoms with Crippen LogP contribution < -0.4 is 0 Å². The lowest BCUT2D eigenvalue weighted by atomic mass is 10.0. The summed E-state index contributed by atoms with van der Waals surface area (Å²) in [7, 11) is 0. The zero-order chi connectivity index (χ0) is 47.2. The molecule has 0 aromatic heterocycles. The summed E-state index contributed by atoms with van der Waals surface area (Å²) < 4.78 is 16.7. The van der Waals surface area contributed by atoms with Crippen molar-refractivity contribution in [3.8, 4) is 0 Å². The number of hydrogen-bond acceptors (Lipinski definition) is 6. The Balaban J connectivity index is 4.05. The monoisotopic (exact) mass is 915 g/mol. The zero-order valence-corrected chi connectivity index (χ0v) is 43.8. The topological polar surface area (TPSA) is 78.9 Å². The minimum Gasteiger partial charge on any atom is -0.462 e. The van der Waals surface area contributed by atoms with Crippen molar-refractivity contribution in [2.75, 3.05) is 13.2 Å². The molecule has 0 radical (unpaired) electrons. The van der Waals surface area contributed by atoms with Gasteiger partial charge in [0.25, 0.3) is 0 Å². The van der Waals surface area contributed by atoms with E-state index in [-0.39, 0.29) is 31.1 Å². The lowest BCUT2D eigenvalue weighted by Gasteiger charge is -2.18. The zero-order valence-electron chi connectivity index (χ0n) is 43.8. The van der Waals surface area contributed by atoms with Crippen LogP contribution in [-0.4, -0.2) is 37.2 Å². The first-order chi connectivity index (χ1) is 32.0. The second-order valence-corrected chi connectivity index (χ2v) is 19.6. The van der Waals surface area contributed by atoms with Gasteiger partial charge in [-0.15, -0.1) is 0 Å². The van der Waals surface area contributed by atoms with E-state index in [9.17, 15) is 14.4 Å². The van der Waals surface area contributed by atoms with Crippen molar-refractivity contribution in [1.82, 2.24) is 0 Å². The van der Waals surface area contributed by atoms with Crippen molar-refractivity contribution in [1.29, 1.82) is 0 Å². The number of unbranched alkanes of at least 4 members (excludes halogenated alkanes) is 38. The Morgan fingerprint density at radius 1 is 0.292 bits per heavy atom. The molecule has 0 amide bonds. The largest absolute Gasteiger partial charge is 0.462 e. The molecule has 1 atom stereocenters. The van der Waals surface area contributed by atoms with E-state index in [1.807, 2.05) is 0 Å². The predicted octanol–water partition coefficient (Wildman–Crippen LogP) is 19.1. The third-order valence-corrected chi connectivity index (χ3v) is 12.9. The van der Waals surface area contributed by atoms with E-state index in [0.29, 0.717) is 19.3 Å². The van der Waals surface area contributed by atoms with Gasteiger partial charge in [-0.2, -0.15) is 0 Å². The molecule has 382 valence electrons. The molecule has 0 saturated heterocycles. The van der Waals surface area contributed by atoms with Gasteiger partial charge >= 0.3 is 17.9 Å². The van der Waals surface area contributed by atoms with Crippen molar-refractivity contribution in [3.05, 3.63) is 24.3 Å². The predicted molar refractivity (Wildman–Crippen MR) is 279 cm³/mol. The standard InChI is InChI=1S/C59H110O6/c1-4-7-10-13-15-17-19-21-23-25-27-28-29-30-32-33-35-37-39-41-43-46-49-52-58(61)64-55-56(54-63-57(60)51-48-45-12-9-6-3)65-59(62)53-50-47-44-42-40-38-36-34-31-26-24-22-20-18-16-14-11-8-5-2/h22,24-25,27,56H,4-21,23,26,28-55H2,1-3H3/b24-22-,27-25-. The van der Waals surface area contributed by atoms with Gasteiger partial charge in [0.1, 0.15) is 13.2 Å². The lowest BCUT2D eigenvalue weighted by molar-refractivity contribution is -0.167. The Bertz CT molecular complexity index is 1050. The number of carbonyl (C=O) groups excluding carboxylic acids is 3. The Labute approximate surface area is 404 Å². The highest BCUT2D eigenvalue weighted by Gasteiger charge is 2.19. The van der Waals surface area contributed by atoms with E-state index in [1.165, 1.54) is 212 Å². The lowest BCUT2D eigenvalue weighted by Crippen LogP contribution is -2.30. The van der Waals surface area contributed by atoms with Crippen LogP contribution >= 0.6 is 0 Å². The molecule has 6 nitrogen and oxygen atoms in total. The highest BCUT2D eigenvalue weighted by molar-refractivity contribution is 5.71. The van der Waals surface area contributed by atoms with E-state index in [0.717, 1.165) is 64.2 Å². The smallest absolute Gasteiger partial charge is 0.306 e. The molecule has 0 rings (SSSR count). The minimum atomic E-state index is -0.766. The van der Waals surface area contributed by atoms with Crippen molar-refractivity contribution < 1.29 is 28.6 Å². The van der Waals surface area contributed by atoms with Crippen LogP contribution in [0.1, 0.15) is 316 Å². The first kappa shape index (κ1) is 62.9. The van der Waals surface area contributed by atoms with E-state index in [1.54, 1.807) is 0 Å². The Morgan fingerprint density at radius 2 is 0.508 bits per heavy atom. The maximum Gasteiger partial charge on any atom is 0.306 e. The van der Waals surface area contributed by atoms with E-state index in [4.69, 9.17) is 14.2 Å². The SMILES string of the molecule is CCCCCCCC/C=C\CCCCCCCCCCCC(=O)OC(COC(=O)CCCCCCC)COC(=O)CCCCCCCCCCCCC/C=C\CCCCCCCCCC. The summed E-state index contributed by atoms with van der Waals surface area (Å²) in [5.74, 6) is -0.870. The van der Waals surface area contributed by atoms with Crippen molar-refractivity contribution in [2.24, 2.45) is 0 Å². The quantitative estimate of drug-likeness (QED) is 0.0262. The fourth-order valence-electron chi connectivity index (χ4n) is 8.55. The van der Waals surface area contributed by atoms with Crippen molar-refractivity contribution in [2.45, 2.75) is 322 Å². The third kappa shape index (κ3) is 52.7. The summed E-state index contributed by atoms with van der Waals surface area (Å²) in [6, 6.07) is 0. The van der Waals surface area contributed by atoms with E-state index >= 15 is 0 Å². The molecular formula is C59H110O6. The molecular weight excluding hydrogens is 805 g/mol. The van der Waals surface area contributed by atoms with Gasteiger partial charge in [-0.25, -0.2) is 0 Å². The fraction of sp³-hybridized carbons (Fsp3) is 0.881. The number of allylic oxidation sites excluding steroid dienone is 4. The van der Waals surface area contributed by atoms with Crippen LogP contribution in [0.5, 0.6) is 0 Å². The van der Waals surface area contributed by atoms with E-state index in [2.05, 4.69) is 45.1 Å². The fourth-order valence-corrected chi connectivity index (χ4v) is 8.55. The molecule has 0 saturated carbocycles. The average Bonchev–Trinajstić information content (AvgIpc) is 3.30. The normalized spacial score (nSPS) is 12.1. The number of hydrogen-bond donors (Lipinski definition) is 0. The summed E-state index contributed by atoms with van der Waals surface area (Å²) >= 11 is 0. The van der Waals surface area contributed by atoms with Crippen LogP contribution in [0.25, 0.3) is 0 Å². The number of ether oxygens (including phenoxy) is 3. The van der Waals surface area contributed by atoms with Crippen LogP contribution in [0.2, 0.25) is 0 Å². The molecule has 6 heteroatoms. The van der Waals surface area contributed by atoms with Gasteiger partial charge in [-0.3, -0.25) is 14.4 Å². The second kappa shape index (κ2) is 54.5. The summed E-state index contributed by atoms with van der Waals surface area (Å²) in [6.45, 7) is 6.59. The number of carbonyl (C=O) groups is 3. The molecule has 0 bridgehead atoms. The molecule has 0 spiro atoms. The molecule has 0 aliphatic carbocycles. The number of rotatable bonds is 53. The number of esters is 3. The molecule has 0 N–H and O–H groups in total. The minimum absolute atomic E-state index is 0.0696. The van der Waals surface area contributed by atoms with Crippen LogP contribution in [0, 0.1) is 0 Å². The molecule has 1 unspecified atom stereocenters. The maximum absolute atomic E-state index is 12.8. The molecule has 0 fully saturated rings. The average molecular weight is 916 g/mol. The van der Waals surface area contributed by atoms with Crippen LogP contribution in [0.15, 0.2) is 24.3 Å². The summed E-state index contributed by atoms with van der Waals surface area (Å²) in [6.07, 6.45) is 63.6. The molecule has 65 heavy (non-hydrogen) atoms. The van der Waals surface area contributed by atoms with Gasteiger partial charge in [0, 0.05) is 19.3 Å². The maximum atomic E-state index is 12.8. The molecule has 0 aliphatic rings. The Hall–Kier alpha value is -2.11. The first-order valence-electron chi connectivity index (χ1n) is 28.8. The molecule has 0 aromatic carbocycles. The van der Waals surface area contributed by atoms with Crippen LogP contribution in [-0.2, 0) is 28.6 Å². The summed E-state index contributed by atoms with van der Waals surface area (Å²) in [5, 5.41) is 0. The first-order valence-corrected chi connectivity index (χ1v) is 28.8. The summed E-state index contributed by atoms with van der Waals surface area (Å²) in [5.41, 5.74) is 0. The van der Waals surface area contributed by atoms with Crippen LogP contribution in [0.4, 0.5) is 0 Å². The summed E-state index contributed by atoms with van der Waals surface area (Å²) in [4.78, 5) is 37.8. The van der Waals surface area contributed by atoms with Crippen molar-refractivity contribution in [3.63, 3.8) is 0 Å². The van der Waals surface area contributed by atoms with Crippen molar-refractivity contribution >= 4 is 17.9 Å².